The Morgan fingerprint density at radius 3 is 2.43 bits per heavy atom. The van der Waals surface area contributed by atoms with Crippen LogP contribution in [-0.2, 0) is 11.3 Å². The third kappa shape index (κ3) is 4.17. The number of ether oxygens (including phenoxy) is 2. The maximum Gasteiger partial charge on any atom is 0.237 e. The molecule has 6 heteroatoms. The van der Waals surface area contributed by atoms with Crippen LogP contribution >= 0.6 is 0 Å². The molecule has 30 heavy (non-hydrogen) atoms. The van der Waals surface area contributed by atoms with Gasteiger partial charge in [0, 0.05) is 28.9 Å². The van der Waals surface area contributed by atoms with Gasteiger partial charge in [-0.05, 0) is 42.5 Å². The third-order valence-electron chi connectivity index (χ3n) is 4.63. The molecule has 0 aliphatic carbocycles. The van der Waals surface area contributed by atoms with Crippen LogP contribution in [0.1, 0.15) is 5.56 Å². The van der Waals surface area contributed by atoms with E-state index in [-0.39, 0.29) is 12.5 Å². The number of hydrogen-bond acceptors (Lipinski definition) is 4. The average Bonchev–Trinajstić information content (AvgIpc) is 3.10. The number of amides is 1. The summed E-state index contributed by atoms with van der Waals surface area (Å²) in [6.45, 7) is 0.128. The molecule has 1 aromatic heterocycles. The highest BCUT2D eigenvalue weighted by Gasteiger charge is 2.08. The minimum absolute atomic E-state index is 0.128. The number of primary amides is 1. The van der Waals surface area contributed by atoms with Gasteiger partial charge in [0.2, 0.25) is 5.91 Å². The number of aromatic nitrogens is 1. The van der Waals surface area contributed by atoms with Crippen LogP contribution in [0.4, 0.5) is 5.69 Å². The summed E-state index contributed by atoms with van der Waals surface area (Å²) < 4.78 is 13.0. The fraction of sp³-hybridized carbons (Fsp3) is 0.0833. The fourth-order valence-corrected chi connectivity index (χ4v) is 3.25. The lowest BCUT2D eigenvalue weighted by Gasteiger charge is -2.09. The van der Waals surface area contributed by atoms with Gasteiger partial charge in [-0.15, -0.1) is 0 Å². The first-order valence-corrected chi connectivity index (χ1v) is 9.45. The molecule has 0 fully saturated rings. The molecule has 0 spiro atoms. The lowest BCUT2D eigenvalue weighted by molar-refractivity contribution is -0.118. The van der Waals surface area contributed by atoms with Crippen molar-refractivity contribution in [3.05, 3.63) is 84.6 Å². The van der Waals surface area contributed by atoms with E-state index in [4.69, 9.17) is 15.2 Å². The zero-order valence-electron chi connectivity index (χ0n) is 16.5. The van der Waals surface area contributed by atoms with Crippen LogP contribution in [0.5, 0.6) is 17.2 Å². The van der Waals surface area contributed by atoms with E-state index < -0.39 is 0 Å². The molecule has 0 atom stereocenters. The highest BCUT2D eigenvalue weighted by atomic mass is 16.5. The average molecular weight is 399 g/mol. The largest absolute Gasteiger partial charge is 0.493 e. The molecule has 4 rings (SSSR count). The van der Waals surface area contributed by atoms with Crippen LogP contribution in [-0.4, -0.2) is 23.8 Å². The van der Waals surface area contributed by atoms with E-state index in [9.17, 15) is 4.79 Å². The van der Waals surface area contributed by atoms with Crippen molar-refractivity contribution in [2.45, 2.75) is 6.54 Å². The molecule has 0 aliphatic heterocycles. The highest BCUT2D eigenvalue weighted by molar-refractivity contribution is 6.00. The van der Waals surface area contributed by atoms with Crippen LogP contribution in [0, 0.1) is 0 Å². The molecule has 1 amide bonds. The predicted molar refractivity (Wildman–Crippen MR) is 118 cm³/mol. The van der Waals surface area contributed by atoms with E-state index >= 15 is 0 Å². The predicted octanol–water partition coefficient (Wildman–Crippen LogP) is 4.68. The van der Waals surface area contributed by atoms with Crippen LogP contribution < -0.4 is 15.2 Å². The van der Waals surface area contributed by atoms with Crippen molar-refractivity contribution in [3.63, 3.8) is 0 Å². The second-order valence-corrected chi connectivity index (χ2v) is 6.70. The Bertz CT molecular complexity index is 1210. The van der Waals surface area contributed by atoms with E-state index in [1.54, 1.807) is 13.3 Å². The summed E-state index contributed by atoms with van der Waals surface area (Å²) in [7, 11) is 1.61. The first-order valence-electron chi connectivity index (χ1n) is 9.45. The molecule has 3 aromatic carbocycles. The van der Waals surface area contributed by atoms with Gasteiger partial charge in [0.05, 0.1) is 12.8 Å². The van der Waals surface area contributed by atoms with Gasteiger partial charge in [-0.25, -0.2) is 0 Å². The van der Waals surface area contributed by atoms with Crippen molar-refractivity contribution in [2.24, 2.45) is 10.7 Å². The molecule has 6 nitrogen and oxygen atoms in total. The quantitative estimate of drug-likeness (QED) is 0.458. The molecular formula is C24H21N3O3. The smallest absolute Gasteiger partial charge is 0.237 e. The van der Waals surface area contributed by atoms with Gasteiger partial charge < -0.3 is 19.8 Å². The lowest BCUT2D eigenvalue weighted by atomic mass is 10.2. The SMILES string of the molecule is COc1ccccc1Oc1ccc(N=Cc2cn(CC(N)=O)c3ccccc23)cc1. The van der Waals surface area contributed by atoms with Crippen molar-refractivity contribution in [1.29, 1.82) is 0 Å². The van der Waals surface area contributed by atoms with E-state index in [1.807, 2.05) is 83.6 Å². The van der Waals surface area contributed by atoms with Crippen molar-refractivity contribution < 1.29 is 14.3 Å². The molecule has 4 aromatic rings. The van der Waals surface area contributed by atoms with Crippen molar-refractivity contribution in [2.75, 3.05) is 7.11 Å². The Labute approximate surface area is 174 Å². The summed E-state index contributed by atoms with van der Waals surface area (Å²) in [5.41, 5.74) is 8.01. The van der Waals surface area contributed by atoms with Gasteiger partial charge in [-0.3, -0.25) is 9.79 Å². The van der Waals surface area contributed by atoms with Crippen molar-refractivity contribution >= 4 is 28.7 Å². The summed E-state index contributed by atoms with van der Waals surface area (Å²) in [6.07, 6.45) is 3.67. The van der Waals surface area contributed by atoms with Gasteiger partial charge in [0.25, 0.3) is 0 Å². The number of hydrogen-bond donors (Lipinski definition) is 1. The van der Waals surface area contributed by atoms with Crippen LogP contribution in [0.2, 0.25) is 0 Å². The monoisotopic (exact) mass is 399 g/mol. The van der Waals surface area contributed by atoms with Gasteiger partial charge in [0.1, 0.15) is 12.3 Å². The number of rotatable bonds is 7. The Kier molecular flexibility index (Phi) is 5.48. The molecule has 0 aliphatic rings. The summed E-state index contributed by atoms with van der Waals surface area (Å²) in [5.74, 6) is 1.63. The molecule has 0 unspecified atom stereocenters. The van der Waals surface area contributed by atoms with Crippen LogP contribution in [0.3, 0.4) is 0 Å². The lowest BCUT2D eigenvalue weighted by Crippen LogP contribution is -2.17. The highest BCUT2D eigenvalue weighted by Crippen LogP contribution is 2.31. The van der Waals surface area contributed by atoms with E-state index in [1.165, 1.54) is 0 Å². The second-order valence-electron chi connectivity index (χ2n) is 6.70. The number of nitrogens with two attached hydrogens (primary N) is 1. The summed E-state index contributed by atoms with van der Waals surface area (Å²) in [6, 6.07) is 22.8. The minimum atomic E-state index is -0.384. The Balaban J connectivity index is 1.54. The molecule has 2 N–H and O–H groups in total. The summed E-state index contributed by atoms with van der Waals surface area (Å²) in [5, 5.41) is 1.01. The number of fused-ring (bicyclic) bond motifs is 1. The number of carbonyl (C=O) groups is 1. The number of benzene rings is 3. The zero-order chi connectivity index (χ0) is 20.9. The number of aliphatic imine (C=N–C) groups is 1. The summed E-state index contributed by atoms with van der Waals surface area (Å²) in [4.78, 5) is 15.9. The van der Waals surface area contributed by atoms with Crippen molar-refractivity contribution in [1.82, 2.24) is 4.57 Å². The number of carbonyl (C=O) groups excluding carboxylic acids is 1. The Hall–Kier alpha value is -4.06. The van der Waals surface area contributed by atoms with Gasteiger partial charge in [-0.1, -0.05) is 30.3 Å². The first-order chi connectivity index (χ1) is 14.6. The molecular weight excluding hydrogens is 378 g/mol. The van der Waals surface area contributed by atoms with E-state index in [0.29, 0.717) is 17.2 Å². The molecule has 0 bridgehead atoms. The maximum atomic E-state index is 11.4. The van der Waals surface area contributed by atoms with Crippen molar-refractivity contribution in [3.8, 4) is 17.2 Å². The zero-order valence-corrected chi connectivity index (χ0v) is 16.5. The third-order valence-corrected chi connectivity index (χ3v) is 4.63. The van der Waals surface area contributed by atoms with Crippen LogP contribution in [0.25, 0.3) is 10.9 Å². The fourth-order valence-electron chi connectivity index (χ4n) is 3.25. The molecule has 1 heterocycles. The maximum absolute atomic E-state index is 11.4. The Morgan fingerprint density at radius 1 is 1.00 bits per heavy atom. The minimum Gasteiger partial charge on any atom is -0.493 e. The number of para-hydroxylation sites is 3. The Morgan fingerprint density at radius 2 is 1.70 bits per heavy atom. The number of methoxy groups -OCH3 is 1. The van der Waals surface area contributed by atoms with E-state index in [2.05, 4.69) is 4.99 Å². The van der Waals surface area contributed by atoms with Gasteiger partial charge in [0.15, 0.2) is 11.5 Å². The molecule has 0 radical (unpaired) electrons. The van der Waals surface area contributed by atoms with Crippen LogP contribution in [0.15, 0.2) is 84.0 Å². The first kappa shape index (κ1) is 19.3. The van der Waals surface area contributed by atoms with E-state index in [0.717, 1.165) is 22.2 Å². The molecule has 0 saturated heterocycles. The normalized spacial score (nSPS) is 11.1. The molecule has 0 saturated carbocycles. The van der Waals surface area contributed by atoms with Gasteiger partial charge >= 0.3 is 0 Å². The molecule has 150 valence electrons. The number of nitrogens with zero attached hydrogens (tertiary/aromatic N) is 2. The standard InChI is InChI=1S/C24H21N3O3/c1-29-22-8-4-5-9-23(22)30-19-12-10-18(11-13-19)26-14-17-15-27(16-24(25)28)21-7-3-2-6-20(17)21/h2-15H,16H2,1H3,(H2,25,28). The summed E-state index contributed by atoms with van der Waals surface area (Å²) >= 11 is 0. The second kappa shape index (κ2) is 8.53. The topological polar surface area (TPSA) is 78.8 Å². The van der Waals surface area contributed by atoms with Gasteiger partial charge in [-0.2, -0.15) is 0 Å².